The van der Waals surface area contributed by atoms with E-state index in [2.05, 4.69) is 41.6 Å². The quantitative estimate of drug-likeness (QED) is 0.583. The Morgan fingerprint density at radius 1 is 0.933 bits per heavy atom. The van der Waals surface area contributed by atoms with E-state index >= 15 is 0 Å². The van der Waals surface area contributed by atoms with Crippen molar-refractivity contribution >= 4 is 28.8 Å². The highest BCUT2D eigenvalue weighted by Gasteiger charge is 2.18. The van der Waals surface area contributed by atoms with Crippen LogP contribution in [0, 0.1) is 20.8 Å². The van der Waals surface area contributed by atoms with Crippen LogP contribution < -0.4 is 10.6 Å². The highest BCUT2D eigenvalue weighted by molar-refractivity contribution is 7.17. The number of hydrogen-bond acceptors (Lipinski definition) is 4. The SMILES string of the molecule is Cc1ccc(-c2nc(C)c(C(=O)Nc3ccc(C(=O)NC(C)(C)C)cc3)s2)c(C)c1. The van der Waals surface area contributed by atoms with E-state index < -0.39 is 0 Å². The van der Waals surface area contributed by atoms with Crippen LogP contribution in [-0.4, -0.2) is 22.3 Å². The zero-order valence-electron chi connectivity index (χ0n) is 18.2. The molecule has 0 atom stereocenters. The third kappa shape index (κ3) is 5.13. The van der Waals surface area contributed by atoms with Gasteiger partial charge in [-0.25, -0.2) is 4.98 Å². The molecular weight excluding hydrogens is 394 g/mol. The van der Waals surface area contributed by atoms with Crippen molar-refractivity contribution in [1.29, 1.82) is 0 Å². The number of nitrogens with zero attached hydrogens (tertiary/aromatic N) is 1. The van der Waals surface area contributed by atoms with Gasteiger partial charge in [0.15, 0.2) is 0 Å². The summed E-state index contributed by atoms with van der Waals surface area (Å²) in [6.45, 7) is 11.8. The van der Waals surface area contributed by atoms with Gasteiger partial charge < -0.3 is 10.6 Å². The van der Waals surface area contributed by atoms with Crippen LogP contribution in [0.15, 0.2) is 42.5 Å². The third-order valence-electron chi connectivity index (χ3n) is 4.51. The number of rotatable bonds is 4. The maximum absolute atomic E-state index is 12.8. The summed E-state index contributed by atoms with van der Waals surface area (Å²) in [5.74, 6) is -0.343. The monoisotopic (exact) mass is 421 g/mol. The van der Waals surface area contributed by atoms with Gasteiger partial charge in [0.05, 0.1) is 5.69 Å². The van der Waals surface area contributed by atoms with Crippen LogP contribution in [0.25, 0.3) is 10.6 Å². The second kappa shape index (κ2) is 8.40. The molecule has 0 saturated carbocycles. The summed E-state index contributed by atoms with van der Waals surface area (Å²) >= 11 is 1.39. The van der Waals surface area contributed by atoms with Gasteiger partial charge in [-0.15, -0.1) is 11.3 Å². The van der Waals surface area contributed by atoms with Gasteiger partial charge in [0.2, 0.25) is 0 Å². The molecule has 2 amide bonds. The molecule has 0 aliphatic rings. The van der Waals surface area contributed by atoms with Crippen molar-refractivity contribution in [2.75, 3.05) is 5.32 Å². The molecule has 0 spiro atoms. The van der Waals surface area contributed by atoms with Gasteiger partial charge in [0.1, 0.15) is 9.88 Å². The zero-order chi connectivity index (χ0) is 22.1. The van der Waals surface area contributed by atoms with Crippen LogP contribution in [0.3, 0.4) is 0 Å². The van der Waals surface area contributed by atoms with E-state index in [4.69, 9.17) is 0 Å². The average molecular weight is 422 g/mol. The Kier molecular flexibility index (Phi) is 6.08. The number of nitrogens with one attached hydrogen (secondary N) is 2. The van der Waals surface area contributed by atoms with Gasteiger partial charge in [-0.3, -0.25) is 9.59 Å². The van der Waals surface area contributed by atoms with E-state index in [9.17, 15) is 9.59 Å². The molecule has 30 heavy (non-hydrogen) atoms. The van der Waals surface area contributed by atoms with Crippen LogP contribution in [0.5, 0.6) is 0 Å². The second-order valence-corrected chi connectivity index (χ2v) is 9.49. The van der Waals surface area contributed by atoms with Crippen molar-refractivity contribution < 1.29 is 9.59 Å². The first kappa shape index (κ1) is 21.7. The summed E-state index contributed by atoms with van der Waals surface area (Å²) < 4.78 is 0. The Labute approximate surface area is 181 Å². The van der Waals surface area contributed by atoms with Crippen LogP contribution in [0.2, 0.25) is 0 Å². The molecule has 0 aliphatic carbocycles. The summed E-state index contributed by atoms with van der Waals surface area (Å²) in [7, 11) is 0. The van der Waals surface area contributed by atoms with Gasteiger partial charge in [0, 0.05) is 22.4 Å². The number of anilines is 1. The predicted molar refractivity (Wildman–Crippen MR) is 123 cm³/mol. The van der Waals surface area contributed by atoms with Gasteiger partial charge in [0.25, 0.3) is 11.8 Å². The molecule has 5 nitrogen and oxygen atoms in total. The van der Waals surface area contributed by atoms with E-state index in [1.807, 2.05) is 33.8 Å². The number of amides is 2. The normalized spacial score (nSPS) is 11.3. The van der Waals surface area contributed by atoms with Crippen molar-refractivity contribution in [3.05, 3.63) is 69.7 Å². The fourth-order valence-electron chi connectivity index (χ4n) is 3.08. The maximum Gasteiger partial charge on any atom is 0.267 e. The molecule has 0 aliphatic heterocycles. The smallest absolute Gasteiger partial charge is 0.267 e. The second-order valence-electron chi connectivity index (χ2n) is 8.49. The number of aromatic nitrogens is 1. The van der Waals surface area contributed by atoms with Gasteiger partial charge in [-0.1, -0.05) is 23.8 Å². The molecule has 1 aromatic heterocycles. The van der Waals surface area contributed by atoms with Gasteiger partial charge in [-0.2, -0.15) is 0 Å². The third-order valence-corrected chi connectivity index (χ3v) is 5.70. The summed E-state index contributed by atoms with van der Waals surface area (Å²) in [5.41, 5.74) is 4.96. The number of carbonyl (C=O) groups excluding carboxylic acids is 2. The van der Waals surface area contributed by atoms with Gasteiger partial charge >= 0.3 is 0 Å². The number of thiazole rings is 1. The highest BCUT2D eigenvalue weighted by atomic mass is 32.1. The maximum atomic E-state index is 12.8. The lowest BCUT2D eigenvalue weighted by Gasteiger charge is -2.20. The Morgan fingerprint density at radius 2 is 1.60 bits per heavy atom. The Hall–Kier alpha value is -2.99. The van der Waals surface area contributed by atoms with Crippen molar-refractivity contribution in [2.24, 2.45) is 0 Å². The molecule has 0 unspecified atom stereocenters. The number of benzene rings is 2. The van der Waals surface area contributed by atoms with E-state index in [0.717, 1.165) is 16.1 Å². The van der Waals surface area contributed by atoms with Crippen LogP contribution in [0.1, 0.15) is 57.6 Å². The molecule has 0 radical (unpaired) electrons. The van der Waals surface area contributed by atoms with Crippen molar-refractivity contribution in [2.45, 2.75) is 47.1 Å². The summed E-state index contributed by atoms with van der Waals surface area (Å²) in [6.07, 6.45) is 0. The predicted octanol–water partition coefficient (Wildman–Crippen LogP) is 5.52. The Balaban J connectivity index is 1.75. The molecular formula is C24H27N3O2S. The molecule has 2 N–H and O–H groups in total. The van der Waals surface area contributed by atoms with Crippen LogP contribution >= 0.6 is 11.3 Å². The fraction of sp³-hybridized carbons (Fsp3) is 0.292. The summed E-state index contributed by atoms with van der Waals surface area (Å²) in [5, 5.41) is 6.66. The molecule has 156 valence electrons. The summed E-state index contributed by atoms with van der Waals surface area (Å²) in [4.78, 5) is 30.2. The highest BCUT2D eigenvalue weighted by Crippen LogP contribution is 2.31. The minimum atomic E-state index is -0.304. The van der Waals surface area contributed by atoms with E-state index in [1.165, 1.54) is 16.9 Å². The average Bonchev–Trinajstić information content (AvgIpc) is 3.02. The molecule has 0 fully saturated rings. The van der Waals surface area contributed by atoms with E-state index in [1.54, 1.807) is 24.3 Å². The molecule has 6 heteroatoms. The minimum absolute atomic E-state index is 0.142. The van der Waals surface area contributed by atoms with E-state index in [-0.39, 0.29) is 17.4 Å². The standard InChI is InChI=1S/C24H27N3O2S/c1-14-7-12-19(15(2)13-14)23-25-16(3)20(30-23)22(29)26-18-10-8-17(9-11-18)21(28)27-24(4,5)6/h7-13H,1-6H3,(H,26,29)(H,27,28). The molecule has 1 heterocycles. The Bertz CT molecular complexity index is 1090. The first-order chi connectivity index (χ1) is 14.0. The molecule has 2 aromatic carbocycles. The lowest BCUT2D eigenvalue weighted by Crippen LogP contribution is -2.40. The number of aryl methyl sites for hydroxylation is 3. The lowest BCUT2D eigenvalue weighted by atomic mass is 10.1. The molecule has 3 aromatic rings. The largest absolute Gasteiger partial charge is 0.347 e. The van der Waals surface area contributed by atoms with Crippen molar-refractivity contribution in [3.63, 3.8) is 0 Å². The zero-order valence-corrected chi connectivity index (χ0v) is 19.0. The summed E-state index contributed by atoms with van der Waals surface area (Å²) in [6, 6.07) is 13.1. The van der Waals surface area contributed by atoms with Crippen molar-refractivity contribution in [3.8, 4) is 10.6 Å². The first-order valence-corrected chi connectivity index (χ1v) is 10.6. The van der Waals surface area contributed by atoms with Crippen molar-refractivity contribution in [1.82, 2.24) is 10.3 Å². The molecule has 3 rings (SSSR count). The minimum Gasteiger partial charge on any atom is -0.347 e. The van der Waals surface area contributed by atoms with Crippen LogP contribution in [0.4, 0.5) is 5.69 Å². The lowest BCUT2D eigenvalue weighted by molar-refractivity contribution is 0.0919. The molecule has 0 saturated heterocycles. The number of carbonyl (C=O) groups is 2. The van der Waals surface area contributed by atoms with Gasteiger partial charge in [-0.05, 0) is 71.4 Å². The Morgan fingerprint density at radius 3 is 2.20 bits per heavy atom. The van der Waals surface area contributed by atoms with Crippen LogP contribution in [-0.2, 0) is 0 Å². The topological polar surface area (TPSA) is 71.1 Å². The number of hydrogen-bond donors (Lipinski definition) is 2. The van der Waals surface area contributed by atoms with E-state index in [0.29, 0.717) is 21.8 Å². The fourth-order valence-corrected chi connectivity index (χ4v) is 4.13. The molecule has 0 bridgehead atoms. The first-order valence-electron chi connectivity index (χ1n) is 9.82.